The standard InChI is InChI=1S/C16H20ClN5O4/c17-13-4-3-11(8-14(13)22(25)26)19-15(23)10-20-6-1-2-12(9-20)21-7-5-18-16(21)24/h3-4,8,12H,1-2,5-7,9-10H2,(H,18,24)(H,19,23)/t12-/m1/s1. The van der Waals surface area contributed by atoms with Gasteiger partial charge in [0.25, 0.3) is 5.69 Å². The smallest absolute Gasteiger partial charge is 0.317 e. The van der Waals surface area contributed by atoms with Gasteiger partial charge in [-0.25, -0.2) is 4.79 Å². The molecule has 3 amide bonds. The molecule has 1 atom stereocenters. The Bertz CT molecular complexity index is 729. The minimum Gasteiger partial charge on any atom is -0.336 e. The average Bonchev–Trinajstić information content (AvgIpc) is 3.02. The van der Waals surface area contributed by atoms with Crippen LogP contribution in [-0.4, -0.2) is 65.4 Å². The molecule has 0 spiro atoms. The molecule has 0 bridgehead atoms. The average molecular weight is 382 g/mol. The van der Waals surface area contributed by atoms with Gasteiger partial charge in [-0.3, -0.25) is 19.8 Å². The van der Waals surface area contributed by atoms with Crippen LogP contribution in [0, 0.1) is 10.1 Å². The van der Waals surface area contributed by atoms with E-state index in [2.05, 4.69) is 10.6 Å². The molecule has 2 aliphatic rings. The second-order valence-corrected chi connectivity index (χ2v) is 6.84. The lowest BCUT2D eigenvalue weighted by Gasteiger charge is -2.36. The maximum Gasteiger partial charge on any atom is 0.317 e. The van der Waals surface area contributed by atoms with Crippen LogP contribution in [0.2, 0.25) is 5.02 Å². The molecule has 0 aromatic heterocycles. The Kier molecular flexibility index (Phi) is 5.58. The third-order valence-electron chi connectivity index (χ3n) is 4.61. The molecule has 2 saturated heterocycles. The van der Waals surface area contributed by atoms with Gasteiger partial charge in [-0.1, -0.05) is 11.6 Å². The molecule has 10 heteroatoms. The number of carbonyl (C=O) groups is 2. The molecule has 0 aliphatic carbocycles. The van der Waals surface area contributed by atoms with Gasteiger partial charge < -0.3 is 15.5 Å². The Morgan fingerprint density at radius 2 is 2.23 bits per heavy atom. The van der Waals surface area contributed by atoms with Crippen LogP contribution in [0.15, 0.2) is 18.2 Å². The fourth-order valence-electron chi connectivity index (χ4n) is 3.40. The highest BCUT2D eigenvalue weighted by molar-refractivity contribution is 6.32. The van der Waals surface area contributed by atoms with Crippen molar-refractivity contribution in [1.29, 1.82) is 0 Å². The topological polar surface area (TPSA) is 108 Å². The molecule has 1 aromatic carbocycles. The van der Waals surface area contributed by atoms with Gasteiger partial charge >= 0.3 is 6.03 Å². The summed E-state index contributed by atoms with van der Waals surface area (Å²) >= 11 is 5.77. The number of amides is 3. The first-order valence-electron chi connectivity index (χ1n) is 8.44. The minimum atomic E-state index is -0.589. The Labute approximate surface area is 155 Å². The first-order chi connectivity index (χ1) is 12.4. The number of rotatable bonds is 5. The van der Waals surface area contributed by atoms with Crippen molar-refractivity contribution >= 4 is 34.9 Å². The van der Waals surface area contributed by atoms with Crippen LogP contribution in [0.5, 0.6) is 0 Å². The number of halogens is 1. The maximum absolute atomic E-state index is 12.3. The van der Waals surface area contributed by atoms with Crippen molar-refractivity contribution in [3.63, 3.8) is 0 Å². The van der Waals surface area contributed by atoms with E-state index in [1.165, 1.54) is 18.2 Å². The number of piperidine rings is 1. The summed E-state index contributed by atoms with van der Waals surface area (Å²) < 4.78 is 0. The Morgan fingerprint density at radius 1 is 1.42 bits per heavy atom. The van der Waals surface area contributed by atoms with E-state index in [0.717, 1.165) is 19.4 Å². The molecule has 0 radical (unpaired) electrons. The van der Waals surface area contributed by atoms with Crippen LogP contribution >= 0.6 is 11.6 Å². The molecule has 0 unspecified atom stereocenters. The summed E-state index contributed by atoms with van der Waals surface area (Å²) in [5.74, 6) is -0.256. The van der Waals surface area contributed by atoms with Gasteiger partial charge in [0.15, 0.2) is 0 Å². The van der Waals surface area contributed by atoms with Gasteiger partial charge in [0, 0.05) is 37.4 Å². The van der Waals surface area contributed by atoms with Gasteiger partial charge in [0.2, 0.25) is 5.91 Å². The number of nitro benzene ring substituents is 1. The third kappa shape index (κ3) is 4.23. The molecular formula is C16H20ClN5O4. The molecule has 2 fully saturated rings. The molecular weight excluding hydrogens is 362 g/mol. The summed E-state index contributed by atoms with van der Waals surface area (Å²) in [5, 5.41) is 16.4. The van der Waals surface area contributed by atoms with Gasteiger partial charge in [-0.2, -0.15) is 0 Å². The first-order valence-corrected chi connectivity index (χ1v) is 8.82. The Balaban J connectivity index is 1.57. The van der Waals surface area contributed by atoms with E-state index in [4.69, 9.17) is 11.6 Å². The van der Waals surface area contributed by atoms with E-state index in [0.29, 0.717) is 25.3 Å². The SMILES string of the molecule is O=C(CN1CCC[C@@H](N2CCNC2=O)C1)Nc1ccc(Cl)c([N+](=O)[O-])c1. The molecule has 2 heterocycles. The number of benzene rings is 1. The van der Waals surface area contributed by atoms with E-state index in [-0.39, 0.29) is 35.2 Å². The fourth-order valence-corrected chi connectivity index (χ4v) is 3.58. The molecule has 2 aliphatic heterocycles. The Hall–Kier alpha value is -2.39. The molecule has 3 rings (SSSR count). The highest BCUT2D eigenvalue weighted by Gasteiger charge is 2.31. The fraction of sp³-hybridized carbons (Fsp3) is 0.500. The van der Waals surface area contributed by atoms with Crippen LogP contribution in [-0.2, 0) is 4.79 Å². The zero-order chi connectivity index (χ0) is 18.7. The van der Waals surface area contributed by atoms with Crippen molar-refractivity contribution in [2.45, 2.75) is 18.9 Å². The van der Waals surface area contributed by atoms with Gasteiger partial charge in [-0.05, 0) is 31.5 Å². The predicted molar refractivity (Wildman–Crippen MR) is 96.3 cm³/mol. The lowest BCUT2D eigenvalue weighted by molar-refractivity contribution is -0.384. The molecule has 1 aromatic rings. The number of nitrogens with one attached hydrogen (secondary N) is 2. The quantitative estimate of drug-likeness (QED) is 0.596. The summed E-state index contributed by atoms with van der Waals surface area (Å²) in [6.45, 7) is 2.94. The van der Waals surface area contributed by atoms with Crippen molar-refractivity contribution < 1.29 is 14.5 Å². The number of hydrogen-bond acceptors (Lipinski definition) is 5. The number of urea groups is 1. The van der Waals surface area contributed by atoms with E-state index < -0.39 is 4.92 Å². The lowest BCUT2D eigenvalue weighted by Crippen LogP contribution is -2.50. The van der Waals surface area contributed by atoms with Crippen LogP contribution in [0.3, 0.4) is 0 Å². The molecule has 26 heavy (non-hydrogen) atoms. The van der Waals surface area contributed by atoms with Crippen molar-refractivity contribution in [1.82, 2.24) is 15.1 Å². The summed E-state index contributed by atoms with van der Waals surface area (Å²) in [5.41, 5.74) is 0.0844. The highest BCUT2D eigenvalue weighted by Crippen LogP contribution is 2.27. The third-order valence-corrected chi connectivity index (χ3v) is 4.92. The summed E-state index contributed by atoms with van der Waals surface area (Å²) in [4.78, 5) is 38.3. The van der Waals surface area contributed by atoms with Crippen molar-refractivity contribution in [3.05, 3.63) is 33.3 Å². The van der Waals surface area contributed by atoms with Crippen molar-refractivity contribution in [2.24, 2.45) is 0 Å². The second-order valence-electron chi connectivity index (χ2n) is 6.43. The predicted octanol–water partition coefficient (Wildman–Crippen LogP) is 1.68. The zero-order valence-corrected chi connectivity index (χ0v) is 14.9. The van der Waals surface area contributed by atoms with Crippen LogP contribution in [0.1, 0.15) is 12.8 Å². The number of nitro groups is 1. The molecule has 9 nitrogen and oxygen atoms in total. The van der Waals surface area contributed by atoms with Crippen LogP contribution in [0.25, 0.3) is 0 Å². The molecule has 2 N–H and O–H groups in total. The maximum atomic E-state index is 12.3. The van der Waals surface area contributed by atoms with Crippen LogP contribution in [0.4, 0.5) is 16.2 Å². The minimum absolute atomic E-state index is 0.0239. The lowest BCUT2D eigenvalue weighted by atomic mass is 10.0. The highest BCUT2D eigenvalue weighted by atomic mass is 35.5. The summed E-state index contributed by atoms with van der Waals surface area (Å²) in [6.07, 6.45) is 1.84. The van der Waals surface area contributed by atoms with Gasteiger partial charge in [0.05, 0.1) is 11.5 Å². The van der Waals surface area contributed by atoms with E-state index in [1.807, 2.05) is 9.80 Å². The number of nitrogens with zero attached hydrogens (tertiary/aromatic N) is 3. The monoisotopic (exact) mass is 381 g/mol. The second kappa shape index (κ2) is 7.88. The Morgan fingerprint density at radius 3 is 2.92 bits per heavy atom. The number of anilines is 1. The first kappa shape index (κ1) is 18.4. The zero-order valence-electron chi connectivity index (χ0n) is 14.1. The van der Waals surface area contributed by atoms with Gasteiger partial charge in [-0.15, -0.1) is 0 Å². The van der Waals surface area contributed by atoms with Gasteiger partial charge in [0.1, 0.15) is 5.02 Å². The molecule has 0 saturated carbocycles. The van der Waals surface area contributed by atoms with E-state index >= 15 is 0 Å². The summed E-state index contributed by atoms with van der Waals surface area (Å²) in [6, 6.07) is 4.22. The normalized spacial score (nSPS) is 20.7. The van der Waals surface area contributed by atoms with Crippen molar-refractivity contribution in [2.75, 3.05) is 38.0 Å². The van der Waals surface area contributed by atoms with E-state index in [1.54, 1.807) is 0 Å². The summed E-state index contributed by atoms with van der Waals surface area (Å²) in [7, 11) is 0. The van der Waals surface area contributed by atoms with Crippen molar-refractivity contribution in [3.8, 4) is 0 Å². The van der Waals surface area contributed by atoms with E-state index in [9.17, 15) is 19.7 Å². The largest absolute Gasteiger partial charge is 0.336 e. The number of likely N-dealkylation sites (tertiary alicyclic amines) is 1. The molecule has 140 valence electrons. The number of carbonyl (C=O) groups excluding carboxylic acids is 2. The van der Waals surface area contributed by atoms with Crippen LogP contribution < -0.4 is 10.6 Å². The number of hydrogen-bond donors (Lipinski definition) is 2.